The van der Waals surface area contributed by atoms with E-state index in [1.807, 2.05) is 12.1 Å². The zero-order valence-electron chi connectivity index (χ0n) is 13.4. The summed E-state index contributed by atoms with van der Waals surface area (Å²) in [5.74, 6) is 1.78. The van der Waals surface area contributed by atoms with Gasteiger partial charge >= 0.3 is 0 Å². The number of hydrogen-bond acceptors (Lipinski definition) is 4. The maximum Gasteiger partial charge on any atom is 0.187 e. The lowest BCUT2D eigenvalue weighted by Gasteiger charge is -2.56. The van der Waals surface area contributed by atoms with Gasteiger partial charge in [0.2, 0.25) is 0 Å². The average molecular weight is 322 g/mol. The number of para-hydroxylation sites is 1. The minimum Gasteiger partial charge on any atom is -0.493 e. The molecule has 0 unspecified atom stereocenters. The van der Waals surface area contributed by atoms with Crippen molar-refractivity contribution in [1.82, 2.24) is 10.2 Å². The van der Waals surface area contributed by atoms with Crippen LogP contribution in [0, 0.1) is 5.92 Å². The Morgan fingerprint density at radius 1 is 1.41 bits per heavy atom. The molecule has 0 aromatic heterocycles. The number of ether oxygens (including phenoxy) is 3. The maximum atomic E-state index is 6.42. The predicted molar refractivity (Wildman–Crippen MR) is 88.2 cm³/mol. The Kier molecular flexibility index (Phi) is 3.91. The first kappa shape index (κ1) is 15.4. The van der Waals surface area contributed by atoms with Crippen LogP contribution in [0.15, 0.2) is 18.2 Å². The molecule has 22 heavy (non-hydrogen) atoms. The number of thiocarbonyl (C=S) groups is 1. The second-order valence-electron chi connectivity index (χ2n) is 5.90. The minimum absolute atomic E-state index is 0.121. The number of rotatable bonds is 4. The molecule has 3 atom stereocenters. The summed E-state index contributed by atoms with van der Waals surface area (Å²) in [6, 6.07) is 6.10. The highest BCUT2D eigenvalue weighted by Crippen LogP contribution is 2.50. The van der Waals surface area contributed by atoms with E-state index < -0.39 is 5.72 Å². The highest BCUT2D eigenvalue weighted by Gasteiger charge is 2.53. The largest absolute Gasteiger partial charge is 0.493 e. The molecule has 1 aromatic carbocycles. The molecule has 2 heterocycles. The molecule has 120 valence electrons. The number of benzene rings is 1. The number of methoxy groups -OCH3 is 2. The molecule has 1 saturated heterocycles. The SMILES string of the molecule is COCCN1C(=S)N[C@@H]2c3cccc(OC)c3O[C@@]1(C)[C@@H]2C. The number of nitrogens with zero attached hydrogens (tertiary/aromatic N) is 1. The minimum atomic E-state index is -0.521. The lowest BCUT2D eigenvalue weighted by molar-refractivity contribution is -0.115. The molecule has 0 amide bonds. The Hall–Kier alpha value is -1.53. The fourth-order valence-electron chi connectivity index (χ4n) is 3.35. The van der Waals surface area contributed by atoms with E-state index in [1.54, 1.807) is 14.2 Å². The van der Waals surface area contributed by atoms with Crippen molar-refractivity contribution >= 4 is 17.3 Å². The maximum absolute atomic E-state index is 6.42. The number of nitrogens with one attached hydrogen (secondary N) is 1. The highest BCUT2D eigenvalue weighted by molar-refractivity contribution is 7.80. The van der Waals surface area contributed by atoms with Crippen molar-refractivity contribution in [2.45, 2.75) is 25.6 Å². The van der Waals surface area contributed by atoms with Crippen molar-refractivity contribution in [3.05, 3.63) is 23.8 Å². The third-order valence-corrected chi connectivity index (χ3v) is 5.14. The summed E-state index contributed by atoms with van der Waals surface area (Å²) in [4.78, 5) is 2.07. The van der Waals surface area contributed by atoms with E-state index in [-0.39, 0.29) is 12.0 Å². The topological polar surface area (TPSA) is 43.0 Å². The fourth-order valence-corrected chi connectivity index (χ4v) is 3.75. The molecule has 0 saturated carbocycles. The van der Waals surface area contributed by atoms with Gasteiger partial charge in [-0.15, -0.1) is 0 Å². The summed E-state index contributed by atoms with van der Waals surface area (Å²) in [6.07, 6.45) is 0. The molecule has 6 heteroatoms. The summed E-state index contributed by atoms with van der Waals surface area (Å²) < 4.78 is 17.1. The van der Waals surface area contributed by atoms with Crippen molar-refractivity contribution in [1.29, 1.82) is 0 Å². The quantitative estimate of drug-likeness (QED) is 0.858. The third-order valence-electron chi connectivity index (χ3n) is 4.80. The van der Waals surface area contributed by atoms with E-state index in [2.05, 4.69) is 30.1 Å². The normalized spacial score (nSPS) is 29.5. The van der Waals surface area contributed by atoms with Crippen LogP contribution < -0.4 is 14.8 Å². The van der Waals surface area contributed by atoms with Gasteiger partial charge in [0.1, 0.15) is 0 Å². The first-order valence-electron chi connectivity index (χ1n) is 7.46. The van der Waals surface area contributed by atoms with Crippen molar-refractivity contribution in [3.8, 4) is 11.5 Å². The molecule has 3 rings (SSSR count). The van der Waals surface area contributed by atoms with Crippen LogP contribution in [-0.2, 0) is 4.74 Å². The van der Waals surface area contributed by atoms with E-state index in [1.165, 1.54) is 0 Å². The molecule has 1 aromatic rings. The van der Waals surface area contributed by atoms with Crippen LogP contribution in [-0.4, -0.2) is 43.1 Å². The Morgan fingerprint density at radius 2 is 2.18 bits per heavy atom. The van der Waals surface area contributed by atoms with Crippen LogP contribution in [0.4, 0.5) is 0 Å². The third kappa shape index (κ3) is 2.13. The van der Waals surface area contributed by atoms with Crippen LogP contribution in [0.2, 0.25) is 0 Å². The van der Waals surface area contributed by atoms with Crippen molar-refractivity contribution < 1.29 is 14.2 Å². The standard InChI is InChI=1S/C16H22N2O3S/c1-10-13-11-6-5-7-12(20-4)14(11)21-16(10,2)18(8-9-19-3)15(22)17-13/h5-7,10,13H,8-9H2,1-4H3,(H,17,22)/t10-,13+,16+/m1/s1. The summed E-state index contributed by atoms with van der Waals surface area (Å²) >= 11 is 5.56. The average Bonchev–Trinajstić information content (AvgIpc) is 2.50. The van der Waals surface area contributed by atoms with Crippen LogP contribution in [0.3, 0.4) is 0 Å². The summed E-state index contributed by atoms with van der Waals surface area (Å²) in [5.41, 5.74) is 0.575. The van der Waals surface area contributed by atoms with E-state index in [4.69, 9.17) is 26.4 Å². The molecule has 1 fully saturated rings. The molecule has 2 bridgehead atoms. The zero-order chi connectivity index (χ0) is 15.9. The second-order valence-corrected chi connectivity index (χ2v) is 6.28. The second kappa shape index (κ2) is 5.59. The summed E-state index contributed by atoms with van der Waals surface area (Å²) in [7, 11) is 3.35. The van der Waals surface area contributed by atoms with E-state index >= 15 is 0 Å². The van der Waals surface area contributed by atoms with E-state index in [9.17, 15) is 0 Å². The van der Waals surface area contributed by atoms with Gasteiger partial charge in [0.05, 0.1) is 19.8 Å². The van der Waals surface area contributed by atoms with Crippen LogP contribution in [0.1, 0.15) is 25.5 Å². The first-order chi connectivity index (χ1) is 10.5. The smallest absolute Gasteiger partial charge is 0.187 e. The molecule has 0 spiro atoms. The van der Waals surface area contributed by atoms with Gasteiger partial charge in [-0.25, -0.2) is 0 Å². The summed E-state index contributed by atoms with van der Waals surface area (Å²) in [6.45, 7) is 5.54. The lowest BCUT2D eigenvalue weighted by Crippen LogP contribution is -2.69. The first-order valence-corrected chi connectivity index (χ1v) is 7.86. The zero-order valence-corrected chi connectivity index (χ0v) is 14.2. The van der Waals surface area contributed by atoms with Gasteiger partial charge in [-0.05, 0) is 25.2 Å². The Bertz CT molecular complexity index is 595. The van der Waals surface area contributed by atoms with Crippen LogP contribution >= 0.6 is 12.2 Å². The van der Waals surface area contributed by atoms with Gasteiger partial charge in [-0.1, -0.05) is 19.1 Å². The molecular weight excluding hydrogens is 300 g/mol. The van der Waals surface area contributed by atoms with Gasteiger partial charge in [0, 0.05) is 25.1 Å². The van der Waals surface area contributed by atoms with Crippen LogP contribution in [0.25, 0.3) is 0 Å². The van der Waals surface area contributed by atoms with Crippen LogP contribution in [0.5, 0.6) is 11.5 Å². The highest BCUT2D eigenvalue weighted by atomic mass is 32.1. The van der Waals surface area contributed by atoms with E-state index in [0.29, 0.717) is 18.3 Å². The molecule has 2 aliphatic rings. The lowest BCUT2D eigenvalue weighted by atomic mass is 9.81. The van der Waals surface area contributed by atoms with Gasteiger partial charge < -0.3 is 24.4 Å². The Labute approximate surface area is 136 Å². The Morgan fingerprint density at radius 3 is 2.86 bits per heavy atom. The molecule has 5 nitrogen and oxygen atoms in total. The molecule has 1 N–H and O–H groups in total. The fraction of sp³-hybridized carbons (Fsp3) is 0.562. The molecule has 2 aliphatic heterocycles. The Balaban J connectivity index is 2.06. The number of hydrogen-bond donors (Lipinski definition) is 1. The molecule has 0 radical (unpaired) electrons. The molecule has 0 aliphatic carbocycles. The van der Waals surface area contributed by atoms with Gasteiger partial charge in [0.15, 0.2) is 22.3 Å². The number of fused-ring (bicyclic) bond motifs is 4. The summed E-state index contributed by atoms with van der Waals surface area (Å²) in [5, 5.41) is 4.16. The molecular formula is C16H22N2O3S. The van der Waals surface area contributed by atoms with Crippen molar-refractivity contribution in [3.63, 3.8) is 0 Å². The van der Waals surface area contributed by atoms with Gasteiger partial charge in [-0.2, -0.15) is 0 Å². The van der Waals surface area contributed by atoms with Gasteiger partial charge in [0.25, 0.3) is 0 Å². The van der Waals surface area contributed by atoms with E-state index in [0.717, 1.165) is 17.1 Å². The van der Waals surface area contributed by atoms with Gasteiger partial charge in [-0.3, -0.25) is 0 Å². The predicted octanol–water partition coefficient (Wildman–Crippen LogP) is 2.32. The van der Waals surface area contributed by atoms with Crippen molar-refractivity contribution in [2.75, 3.05) is 27.4 Å². The monoisotopic (exact) mass is 322 g/mol. The van der Waals surface area contributed by atoms with Crippen molar-refractivity contribution in [2.24, 2.45) is 5.92 Å².